The molecule has 0 aromatic carbocycles. The second-order valence-electron chi connectivity index (χ2n) is 3.61. The van der Waals surface area contributed by atoms with Gasteiger partial charge in [0.2, 0.25) is 0 Å². The van der Waals surface area contributed by atoms with Crippen LogP contribution in [-0.4, -0.2) is 49.8 Å². The molecule has 0 rings (SSSR count). The smallest absolute Gasteiger partial charge is 0.105 e. The number of aliphatic hydroxyl groups is 1. The van der Waals surface area contributed by atoms with Gasteiger partial charge in [-0.2, -0.15) is 0 Å². The lowest BCUT2D eigenvalue weighted by molar-refractivity contribution is -0.829. The van der Waals surface area contributed by atoms with Crippen molar-refractivity contribution < 1.29 is 10.2 Å². The van der Waals surface area contributed by atoms with Gasteiger partial charge in [0.1, 0.15) is 12.6 Å². The second kappa shape index (κ2) is 5.48. The zero-order valence-electron chi connectivity index (χ0n) is 8.37. The largest absolute Gasteiger partial charge is 0.634 e. The van der Waals surface area contributed by atoms with Crippen molar-refractivity contribution in [2.45, 2.75) is 25.5 Å². The number of hydroxylamine groups is 2. The molecule has 0 saturated heterocycles. The fraction of sp³-hybridized carbons (Fsp3) is 1.00. The molecule has 0 spiro atoms. The van der Waals surface area contributed by atoms with Gasteiger partial charge in [0, 0.05) is 6.04 Å². The van der Waals surface area contributed by atoms with Crippen LogP contribution in [0.15, 0.2) is 0 Å². The monoisotopic (exact) mass is 176 g/mol. The molecule has 0 aliphatic rings. The SMILES string of the molecule is CC(CC(O)C[NH+](C)[O-])N(C)C. The maximum absolute atomic E-state index is 10.6. The average molecular weight is 176 g/mol. The number of aliphatic hydroxyl groups excluding tert-OH is 1. The summed E-state index contributed by atoms with van der Waals surface area (Å²) in [4.78, 5) is 2.03. The van der Waals surface area contributed by atoms with E-state index in [0.717, 1.165) is 0 Å². The van der Waals surface area contributed by atoms with Crippen LogP contribution in [0.2, 0.25) is 0 Å². The highest BCUT2D eigenvalue weighted by atomic mass is 16.5. The topological polar surface area (TPSA) is 51.0 Å². The van der Waals surface area contributed by atoms with Gasteiger partial charge >= 0.3 is 0 Å². The fourth-order valence-corrected chi connectivity index (χ4v) is 1.02. The lowest BCUT2D eigenvalue weighted by Gasteiger charge is -2.25. The van der Waals surface area contributed by atoms with Gasteiger partial charge in [0.15, 0.2) is 0 Å². The summed E-state index contributed by atoms with van der Waals surface area (Å²) >= 11 is 0. The highest BCUT2D eigenvalue weighted by Crippen LogP contribution is 2.01. The molecule has 74 valence electrons. The van der Waals surface area contributed by atoms with Gasteiger partial charge in [-0.1, -0.05) is 0 Å². The van der Waals surface area contributed by atoms with E-state index in [-0.39, 0.29) is 11.6 Å². The average Bonchev–Trinajstić information content (AvgIpc) is 1.84. The van der Waals surface area contributed by atoms with Crippen molar-refractivity contribution in [2.75, 3.05) is 27.7 Å². The minimum Gasteiger partial charge on any atom is -0.634 e. The molecule has 3 unspecified atom stereocenters. The molecule has 0 fully saturated rings. The Morgan fingerprint density at radius 3 is 2.33 bits per heavy atom. The lowest BCUT2D eigenvalue weighted by atomic mass is 10.1. The van der Waals surface area contributed by atoms with E-state index in [1.807, 2.05) is 25.9 Å². The Kier molecular flexibility index (Phi) is 5.41. The molecule has 0 bridgehead atoms. The van der Waals surface area contributed by atoms with Gasteiger partial charge in [0.25, 0.3) is 0 Å². The standard InChI is InChI=1S/C8H20N2O2/c1-7(9(2)3)5-8(11)6-10(4)12/h7-8,10-11H,5-6H2,1-4H3. The third-order valence-corrected chi connectivity index (χ3v) is 2.02. The highest BCUT2D eigenvalue weighted by Gasteiger charge is 2.13. The molecular formula is C8H20N2O2. The van der Waals surface area contributed by atoms with Gasteiger partial charge in [-0.3, -0.25) is 0 Å². The van der Waals surface area contributed by atoms with Crippen molar-refractivity contribution in [3.05, 3.63) is 5.21 Å². The van der Waals surface area contributed by atoms with E-state index >= 15 is 0 Å². The Morgan fingerprint density at radius 2 is 2.00 bits per heavy atom. The van der Waals surface area contributed by atoms with Gasteiger partial charge in [-0.05, 0) is 27.4 Å². The van der Waals surface area contributed by atoms with Crippen LogP contribution < -0.4 is 5.06 Å². The molecule has 4 heteroatoms. The molecule has 0 aliphatic heterocycles. The molecule has 3 atom stereocenters. The Hall–Kier alpha value is -0.160. The summed E-state index contributed by atoms with van der Waals surface area (Å²) in [7, 11) is 5.43. The van der Waals surface area contributed by atoms with Crippen LogP contribution in [0.3, 0.4) is 0 Å². The first-order valence-corrected chi connectivity index (χ1v) is 4.27. The Morgan fingerprint density at radius 1 is 1.50 bits per heavy atom. The van der Waals surface area contributed by atoms with E-state index in [0.29, 0.717) is 12.5 Å². The Labute approximate surface area is 74.4 Å². The first-order chi connectivity index (χ1) is 5.43. The summed E-state index contributed by atoms with van der Waals surface area (Å²) in [5.74, 6) is 0. The van der Waals surface area contributed by atoms with E-state index in [1.54, 1.807) is 0 Å². The molecule has 0 aromatic heterocycles. The summed E-state index contributed by atoms with van der Waals surface area (Å²) in [5.41, 5.74) is 0. The van der Waals surface area contributed by atoms with Crippen molar-refractivity contribution in [1.82, 2.24) is 4.90 Å². The molecule has 4 nitrogen and oxygen atoms in total. The number of rotatable bonds is 5. The molecular weight excluding hydrogens is 156 g/mol. The first-order valence-electron chi connectivity index (χ1n) is 4.27. The minimum atomic E-state index is -0.486. The number of nitrogens with one attached hydrogen (secondary N) is 1. The number of quaternary nitrogens is 1. The Balaban J connectivity index is 3.61. The first kappa shape index (κ1) is 11.8. The van der Waals surface area contributed by atoms with E-state index < -0.39 is 6.10 Å². The van der Waals surface area contributed by atoms with Crippen molar-refractivity contribution in [2.24, 2.45) is 0 Å². The summed E-state index contributed by atoms with van der Waals surface area (Å²) < 4.78 is 0. The van der Waals surface area contributed by atoms with Crippen molar-refractivity contribution in [3.8, 4) is 0 Å². The summed E-state index contributed by atoms with van der Waals surface area (Å²) in [6, 6.07) is 0.319. The van der Waals surface area contributed by atoms with E-state index in [1.165, 1.54) is 7.05 Å². The van der Waals surface area contributed by atoms with Gasteiger partial charge in [-0.25, -0.2) is 0 Å². The summed E-state index contributed by atoms with van der Waals surface area (Å²) in [5, 5.41) is 20.1. The van der Waals surface area contributed by atoms with Crippen LogP contribution in [0.5, 0.6) is 0 Å². The number of likely N-dealkylation sites (N-methyl/N-ethyl adjacent to an activating group) is 1. The molecule has 0 aromatic rings. The Bertz CT molecular complexity index is 118. The quantitative estimate of drug-likeness (QED) is 0.512. The van der Waals surface area contributed by atoms with E-state index in [4.69, 9.17) is 0 Å². The minimum absolute atomic E-state index is 0.0495. The van der Waals surface area contributed by atoms with Gasteiger partial charge in [-0.15, -0.1) is 0 Å². The third-order valence-electron chi connectivity index (χ3n) is 2.02. The van der Waals surface area contributed by atoms with Crippen LogP contribution in [0, 0.1) is 5.21 Å². The number of hydrogen-bond acceptors (Lipinski definition) is 3. The molecule has 0 aliphatic carbocycles. The second-order valence-corrected chi connectivity index (χ2v) is 3.61. The van der Waals surface area contributed by atoms with Gasteiger partial charge in [0.05, 0.1) is 7.05 Å². The van der Waals surface area contributed by atoms with Crippen LogP contribution in [-0.2, 0) is 0 Å². The summed E-state index contributed by atoms with van der Waals surface area (Å²) in [6.07, 6.45) is 0.173. The van der Waals surface area contributed by atoms with Crippen LogP contribution in [0.4, 0.5) is 0 Å². The van der Waals surface area contributed by atoms with Crippen LogP contribution >= 0.6 is 0 Å². The van der Waals surface area contributed by atoms with E-state index in [2.05, 4.69) is 0 Å². The molecule has 12 heavy (non-hydrogen) atoms. The highest BCUT2D eigenvalue weighted by molar-refractivity contribution is 4.65. The van der Waals surface area contributed by atoms with Crippen LogP contribution in [0.1, 0.15) is 13.3 Å². The normalized spacial score (nSPS) is 19.2. The molecule has 2 N–H and O–H groups in total. The van der Waals surface area contributed by atoms with Crippen LogP contribution in [0.25, 0.3) is 0 Å². The maximum atomic E-state index is 10.6. The maximum Gasteiger partial charge on any atom is 0.105 e. The predicted octanol–water partition coefficient (Wildman–Crippen LogP) is -1.30. The van der Waals surface area contributed by atoms with Crippen molar-refractivity contribution in [3.63, 3.8) is 0 Å². The third kappa shape index (κ3) is 5.49. The predicted molar refractivity (Wildman–Crippen MR) is 48.9 cm³/mol. The van der Waals surface area contributed by atoms with Crippen molar-refractivity contribution in [1.29, 1.82) is 0 Å². The summed E-state index contributed by atoms with van der Waals surface area (Å²) in [6.45, 7) is 2.31. The number of nitrogens with zero attached hydrogens (tertiary/aromatic N) is 1. The number of hydrogen-bond donors (Lipinski definition) is 2. The van der Waals surface area contributed by atoms with Crippen molar-refractivity contribution >= 4 is 0 Å². The molecule has 0 radical (unpaired) electrons. The zero-order chi connectivity index (χ0) is 9.72. The fourth-order valence-electron chi connectivity index (χ4n) is 1.02. The lowest BCUT2D eigenvalue weighted by Crippen LogP contribution is -3.05. The van der Waals surface area contributed by atoms with E-state index in [9.17, 15) is 10.3 Å². The molecule has 0 heterocycles. The van der Waals surface area contributed by atoms with Gasteiger partial charge < -0.3 is 20.3 Å². The zero-order valence-corrected chi connectivity index (χ0v) is 8.37. The molecule has 0 amide bonds. The molecule has 0 saturated carbocycles.